The standard InChI is InChI=1S/C18H18ClNO3/c19-15-5-6-16(17(11-15)18(21)22)14-3-1-13(2-4-14)12-20-7-9-23-10-8-20/h1-6,11H,7-10,12H2,(H,21,22). The molecule has 23 heavy (non-hydrogen) atoms. The molecule has 0 spiro atoms. The normalized spacial score (nSPS) is 15.5. The van der Waals surface area contributed by atoms with Crippen molar-refractivity contribution < 1.29 is 14.6 Å². The van der Waals surface area contributed by atoms with Crippen LogP contribution in [-0.2, 0) is 11.3 Å². The average Bonchev–Trinajstić information content (AvgIpc) is 2.56. The van der Waals surface area contributed by atoms with Gasteiger partial charge in [0.15, 0.2) is 0 Å². The fourth-order valence-electron chi connectivity index (χ4n) is 2.75. The molecule has 0 radical (unpaired) electrons. The van der Waals surface area contributed by atoms with Gasteiger partial charge in [-0.1, -0.05) is 41.9 Å². The van der Waals surface area contributed by atoms with E-state index in [1.54, 1.807) is 12.1 Å². The Labute approximate surface area is 140 Å². The lowest BCUT2D eigenvalue weighted by Crippen LogP contribution is -2.35. The second-order valence-corrected chi connectivity index (χ2v) is 6.02. The summed E-state index contributed by atoms with van der Waals surface area (Å²) in [6.45, 7) is 4.34. The summed E-state index contributed by atoms with van der Waals surface area (Å²) < 4.78 is 5.35. The van der Waals surface area contributed by atoms with Crippen LogP contribution in [0.15, 0.2) is 42.5 Å². The maximum absolute atomic E-state index is 11.4. The van der Waals surface area contributed by atoms with Crippen molar-refractivity contribution >= 4 is 17.6 Å². The van der Waals surface area contributed by atoms with E-state index < -0.39 is 5.97 Å². The highest BCUT2D eigenvalue weighted by Gasteiger charge is 2.13. The zero-order chi connectivity index (χ0) is 16.2. The quantitative estimate of drug-likeness (QED) is 0.931. The van der Waals surface area contributed by atoms with Gasteiger partial charge >= 0.3 is 5.97 Å². The molecule has 120 valence electrons. The van der Waals surface area contributed by atoms with Crippen LogP contribution in [0, 0.1) is 0 Å². The van der Waals surface area contributed by atoms with Gasteiger partial charge in [-0.05, 0) is 28.8 Å². The first-order chi connectivity index (χ1) is 11.1. The fraction of sp³-hybridized carbons (Fsp3) is 0.278. The van der Waals surface area contributed by atoms with Crippen LogP contribution in [0.2, 0.25) is 5.02 Å². The van der Waals surface area contributed by atoms with Gasteiger partial charge in [-0.3, -0.25) is 4.90 Å². The highest BCUT2D eigenvalue weighted by molar-refractivity contribution is 6.31. The van der Waals surface area contributed by atoms with E-state index in [2.05, 4.69) is 4.90 Å². The Morgan fingerprint density at radius 3 is 2.48 bits per heavy atom. The minimum atomic E-state index is -0.972. The number of hydrogen-bond donors (Lipinski definition) is 1. The third-order valence-corrected chi connectivity index (χ3v) is 4.22. The molecule has 4 nitrogen and oxygen atoms in total. The number of aromatic carboxylic acids is 1. The number of halogens is 1. The predicted octanol–water partition coefficient (Wildman–Crippen LogP) is 3.54. The van der Waals surface area contributed by atoms with Crippen molar-refractivity contribution in [2.24, 2.45) is 0 Å². The first-order valence-corrected chi connectivity index (χ1v) is 7.93. The summed E-state index contributed by atoms with van der Waals surface area (Å²) in [5.41, 5.74) is 2.99. The Balaban J connectivity index is 1.80. The molecular formula is C18H18ClNO3. The second-order valence-electron chi connectivity index (χ2n) is 5.58. The van der Waals surface area contributed by atoms with Crippen molar-refractivity contribution in [1.29, 1.82) is 0 Å². The number of rotatable bonds is 4. The van der Waals surface area contributed by atoms with E-state index in [4.69, 9.17) is 16.3 Å². The van der Waals surface area contributed by atoms with Crippen LogP contribution in [0.5, 0.6) is 0 Å². The average molecular weight is 332 g/mol. The Morgan fingerprint density at radius 1 is 1.13 bits per heavy atom. The SMILES string of the molecule is O=C(O)c1cc(Cl)ccc1-c1ccc(CN2CCOCC2)cc1. The van der Waals surface area contributed by atoms with Gasteiger partial charge in [-0.2, -0.15) is 0 Å². The van der Waals surface area contributed by atoms with Crippen LogP contribution in [-0.4, -0.2) is 42.3 Å². The first-order valence-electron chi connectivity index (χ1n) is 7.56. The van der Waals surface area contributed by atoms with Gasteiger partial charge in [0.05, 0.1) is 18.8 Å². The maximum atomic E-state index is 11.4. The number of benzene rings is 2. The van der Waals surface area contributed by atoms with E-state index >= 15 is 0 Å². The highest BCUT2D eigenvalue weighted by atomic mass is 35.5. The molecule has 1 N–H and O–H groups in total. The number of nitrogens with zero attached hydrogens (tertiary/aromatic N) is 1. The summed E-state index contributed by atoms with van der Waals surface area (Å²) in [5.74, 6) is -0.972. The zero-order valence-corrected chi connectivity index (χ0v) is 13.4. The van der Waals surface area contributed by atoms with E-state index in [0.29, 0.717) is 10.6 Å². The van der Waals surface area contributed by atoms with Crippen LogP contribution in [0.3, 0.4) is 0 Å². The molecule has 2 aromatic carbocycles. The molecule has 0 bridgehead atoms. The predicted molar refractivity (Wildman–Crippen MR) is 89.9 cm³/mol. The number of carbonyl (C=O) groups is 1. The summed E-state index contributed by atoms with van der Waals surface area (Å²) in [6.07, 6.45) is 0. The number of hydrogen-bond acceptors (Lipinski definition) is 3. The Hall–Kier alpha value is -1.88. The van der Waals surface area contributed by atoms with Gasteiger partial charge in [0.2, 0.25) is 0 Å². The molecule has 0 aromatic heterocycles. The first kappa shape index (κ1) is 16.0. The summed E-state index contributed by atoms with van der Waals surface area (Å²) in [6, 6.07) is 13.0. The summed E-state index contributed by atoms with van der Waals surface area (Å²) in [7, 11) is 0. The number of carboxylic acid groups (broad SMARTS) is 1. The molecule has 5 heteroatoms. The molecule has 0 atom stereocenters. The highest BCUT2D eigenvalue weighted by Crippen LogP contribution is 2.27. The summed E-state index contributed by atoms with van der Waals surface area (Å²) in [4.78, 5) is 13.8. The number of ether oxygens (including phenoxy) is 1. The van der Waals surface area contributed by atoms with Crippen LogP contribution < -0.4 is 0 Å². The Bertz CT molecular complexity index is 694. The van der Waals surface area contributed by atoms with Crippen molar-refractivity contribution in [3.8, 4) is 11.1 Å². The summed E-state index contributed by atoms with van der Waals surface area (Å²) in [5, 5.41) is 9.77. The van der Waals surface area contributed by atoms with Gasteiger partial charge in [0.1, 0.15) is 0 Å². The van der Waals surface area contributed by atoms with Crippen LogP contribution in [0.4, 0.5) is 0 Å². The zero-order valence-electron chi connectivity index (χ0n) is 12.7. The maximum Gasteiger partial charge on any atom is 0.336 e. The molecule has 0 aliphatic carbocycles. The van der Waals surface area contributed by atoms with Gasteiger partial charge in [0.25, 0.3) is 0 Å². The lowest BCUT2D eigenvalue weighted by Gasteiger charge is -2.26. The number of morpholine rings is 1. The molecule has 1 aliphatic heterocycles. The van der Waals surface area contributed by atoms with Crippen molar-refractivity contribution in [1.82, 2.24) is 4.90 Å². The van der Waals surface area contributed by atoms with Gasteiger partial charge in [-0.25, -0.2) is 4.79 Å². The smallest absolute Gasteiger partial charge is 0.336 e. The number of carboxylic acids is 1. The molecule has 1 saturated heterocycles. The largest absolute Gasteiger partial charge is 0.478 e. The third-order valence-electron chi connectivity index (χ3n) is 3.99. The van der Waals surface area contributed by atoms with Gasteiger partial charge in [0, 0.05) is 24.7 Å². The molecule has 3 rings (SSSR count). The van der Waals surface area contributed by atoms with Crippen molar-refractivity contribution in [3.63, 3.8) is 0 Å². The molecular weight excluding hydrogens is 314 g/mol. The van der Waals surface area contributed by atoms with Gasteiger partial charge in [-0.15, -0.1) is 0 Å². The molecule has 0 saturated carbocycles. The van der Waals surface area contributed by atoms with Crippen molar-refractivity contribution in [2.45, 2.75) is 6.54 Å². The van der Waals surface area contributed by atoms with Crippen LogP contribution in [0.1, 0.15) is 15.9 Å². The molecule has 1 aliphatic rings. The molecule has 1 fully saturated rings. The molecule has 1 heterocycles. The van der Waals surface area contributed by atoms with E-state index in [0.717, 1.165) is 38.4 Å². The Kier molecular flexibility index (Phi) is 4.96. The third kappa shape index (κ3) is 3.91. The monoisotopic (exact) mass is 331 g/mol. The van der Waals surface area contributed by atoms with E-state index in [-0.39, 0.29) is 5.56 Å². The van der Waals surface area contributed by atoms with Crippen LogP contribution >= 0.6 is 11.6 Å². The minimum absolute atomic E-state index is 0.221. The van der Waals surface area contributed by atoms with Crippen molar-refractivity contribution in [3.05, 3.63) is 58.6 Å². The topological polar surface area (TPSA) is 49.8 Å². The molecule has 0 amide bonds. The Morgan fingerprint density at radius 2 is 1.83 bits per heavy atom. The summed E-state index contributed by atoms with van der Waals surface area (Å²) >= 11 is 5.90. The van der Waals surface area contributed by atoms with E-state index in [1.165, 1.54) is 11.6 Å². The van der Waals surface area contributed by atoms with Crippen LogP contribution in [0.25, 0.3) is 11.1 Å². The minimum Gasteiger partial charge on any atom is -0.478 e. The molecule has 0 unspecified atom stereocenters. The second kappa shape index (κ2) is 7.13. The van der Waals surface area contributed by atoms with Crippen molar-refractivity contribution in [2.75, 3.05) is 26.3 Å². The lowest BCUT2D eigenvalue weighted by molar-refractivity contribution is 0.0342. The molecule has 2 aromatic rings. The van der Waals surface area contributed by atoms with Gasteiger partial charge < -0.3 is 9.84 Å². The fourth-order valence-corrected chi connectivity index (χ4v) is 2.92. The van der Waals surface area contributed by atoms with E-state index in [1.807, 2.05) is 24.3 Å². The van der Waals surface area contributed by atoms with E-state index in [9.17, 15) is 9.90 Å². The lowest BCUT2D eigenvalue weighted by atomic mass is 9.98.